The highest BCUT2D eigenvalue weighted by atomic mass is 19.3. The number of alkyl halides is 2. The molecule has 0 aromatic carbocycles. The fourth-order valence-corrected chi connectivity index (χ4v) is 1.94. The summed E-state index contributed by atoms with van der Waals surface area (Å²) in [4.78, 5) is 24.6. The van der Waals surface area contributed by atoms with Gasteiger partial charge in [0.2, 0.25) is 18.2 Å². The average molecular weight is 260 g/mol. The summed E-state index contributed by atoms with van der Waals surface area (Å²) in [5, 5.41) is 2.50. The third-order valence-corrected chi connectivity index (χ3v) is 3.01. The van der Waals surface area contributed by atoms with Crippen LogP contribution < -0.4 is 5.32 Å². The van der Waals surface area contributed by atoms with E-state index in [0.29, 0.717) is 25.9 Å². The van der Waals surface area contributed by atoms with Crippen LogP contribution in [0.15, 0.2) is 12.7 Å². The Labute approximate surface area is 105 Å². The van der Waals surface area contributed by atoms with Gasteiger partial charge < -0.3 is 10.2 Å². The average Bonchev–Trinajstić information content (AvgIpc) is 2.37. The number of nitrogens with one attached hydrogen (secondary N) is 1. The van der Waals surface area contributed by atoms with Crippen molar-refractivity contribution in [2.24, 2.45) is 5.92 Å². The predicted molar refractivity (Wildman–Crippen MR) is 63.1 cm³/mol. The summed E-state index contributed by atoms with van der Waals surface area (Å²) >= 11 is 0. The number of hydrogen-bond donors (Lipinski definition) is 1. The molecule has 0 aliphatic carbocycles. The minimum atomic E-state index is -2.39. The lowest BCUT2D eigenvalue weighted by Crippen LogP contribution is -2.42. The summed E-state index contributed by atoms with van der Waals surface area (Å²) in [6.45, 7) is 4.43. The van der Waals surface area contributed by atoms with Crippen molar-refractivity contribution in [2.45, 2.75) is 25.7 Å². The number of amides is 2. The Bertz CT molecular complexity index is 313. The molecule has 2 amide bonds. The zero-order valence-electron chi connectivity index (χ0n) is 10.2. The van der Waals surface area contributed by atoms with Gasteiger partial charge in [0.1, 0.15) is 0 Å². The van der Waals surface area contributed by atoms with Crippen LogP contribution in [0.3, 0.4) is 0 Å². The smallest absolute Gasteiger partial charge is 0.245 e. The molecular weight excluding hydrogens is 242 g/mol. The van der Waals surface area contributed by atoms with Gasteiger partial charge in [-0.15, -0.1) is 0 Å². The molecule has 6 heteroatoms. The quantitative estimate of drug-likeness (QED) is 0.755. The van der Waals surface area contributed by atoms with Crippen LogP contribution in [0.25, 0.3) is 0 Å². The highest BCUT2D eigenvalue weighted by Crippen LogP contribution is 2.17. The zero-order valence-corrected chi connectivity index (χ0v) is 10.2. The van der Waals surface area contributed by atoms with Gasteiger partial charge >= 0.3 is 0 Å². The summed E-state index contributed by atoms with van der Waals surface area (Å²) in [6, 6.07) is 0. The van der Waals surface area contributed by atoms with E-state index in [1.165, 1.54) is 6.08 Å². The first-order valence-corrected chi connectivity index (χ1v) is 6.01. The van der Waals surface area contributed by atoms with Gasteiger partial charge in [-0.25, -0.2) is 8.78 Å². The van der Waals surface area contributed by atoms with Gasteiger partial charge in [0.15, 0.2) is 0 Å². The molecule has 0 unspecified atom stereocenters. The number of piperidine rings is 1. The molecule has 1 heterocycles. The van der Waals surface area contributed by atoms with Crippen LogP contribution >= 0.6 is 0 Å². The van der Waals surface area contributed by atoms with Gasteiger partial charge in [-0.2, -0.15) is 0 Å². The van der Waals surface area contributed by atoms with E-state index in [4.69, 9.17) is 0 Å². The Morgan fingerprint density at radius 2 is 2.00 bits per heavy atom. The first-order valence-electron chi connectivity index (χ1n) is 6.01. The Balaban J connectivity index is 2.27. The standard InChI is InChI=1S/C12H18F2N2O2/c1-2-11(17)16-7-4-9(5-8-16)12(18)15-6-3-10(13)14/h2,9-10H,1,3-8H2,(H,15,18). The molecule has 0 aromatic heterocycles. The van der Waals surface area contributed by atoms with Crippen molar-refractivity contribution in [3.63, 3.8) is 0 Å². The topological polar surface area (TPSA) is 49.4 Å². The molecule has 1 N–H and O–H groups in total. The third-order valence-electron chi connectivity index (χ3n) is 3.01. The van der Waals surface area contributed by atoms with E-state index in [0.717, 1.165) is 0 Å². The van der Waals surface area contributed by atoms with Crippen LogP contribution in [0, 0.1) is 5.92 Å². The van der Waals surface area contributed by atoms with E-state index in [1.807, 2.05) is 0 Å². The van der Waals surface area contributed by atoms with Crippen molar-refractivity contribution in [3.05, 3.63) is 12.7 Å². The molecule has 102 valence electrons. The normalized spacial score (nSPS) is 16.7. The molecule has 0 saturated carbocycles. The molecule has 4 nitrogen and oxygen atoms in total. The van der Waals surface area contributed by atoms with Gasteiger partial charge in [-0.05, 0) is 18.9 Å². The maximum Gasteiger partial charge on any atom is 0.245 e. The lowest BCUT2D eigenvalue weighted by molar-refractivity contribution is -0.132. The van der Waals surface area contributed by atoms with Crippen molar-refractivity contribution in [2.75, 3.05) is 19.6 Å². The molecule has 0 aromatic rings. The van der Waals surface area contributed by atoms with E-state index in [9.17, 15) is 18.4 Å². The number of rotatable bonds is 5. The zero-order chi connectivity index (χ0) is 13.5. The van der Waals surface area contributed by atoms with Crippen LogP contribution in [0.1, 0.15) is 19.3 Å². The second-order valence-corrected chi connectivity index (χ2v) is 4.27. The first-order chi connectivity index (χ1) is 8.54. The maximum absolute atomic E-state index is 11.9. The van der Waals surface area contributed by atoms with E-state index < -0.39 is 6.43 Å². The van der Waals surface area contributed by atoms with Crippen molar-refractivity contribution in [3.8, 4) is 0 Å². The third kappa shape index (κ3) is 4.43. The molecule has 0 radical (unpaired) electrons. The van der Waals surface area contributed by atoms with Crippen molar-refractivity contribution < 1.29 is 18.4 Å². The van der Waals surface area contributed by atoms with Crippen molar-refractivity contribution in [1.29, 1.82) is 0 Å². The van der Waals surface area contributed by atoms with E-state index in [-0.39, 0.29) is 30.7 Å². The molecule has 0 bridgehead atoms. The summed E-state index contributed by atoms with van der Waals surface area (Å²) in [7, 11) is 0. The minimum absolute atomic E-state index is 0.00228. The lowest BCUT2D eigenvalue weighted by atomic mass is 9.96. The van der Waals surface area contributed by atoms with Gasteiger partial charge in [0, 0.05) is 32.0 Å². The van der Waals surface area contributed by atoms with Crippen molar-refractivity contribution >= 4 is 11.8 Å². The summed E-state index contributed by atoms with van der Waals surface area (Å²) in [6.07, 6.45) is -0.319. The Kier molecular flexibility index (Phi) is 5.74. The van der Waals surface area contributed by atoms with Crippen LogP contribution in [-0.4, -0.2) is 42.8 Å². The largest absolute Gasteiger partial charge is 0.356 e. The second kappa shape index (κ2) is 7.08. The predicted octanol–water partition coefficient (Wildman–Crippen LogP) is 1.18. The van der Waals surface area contributed by atoms with E-state index in [2.05, 4.69) is 11.9 Å². The second-order valence-electron chi connectivity index (χ2n) is 4.27. The molecule has 0 spiro atoms. The fraction of sp³-hybridized carbons (Fsp3) is 0.667. The Morgan fingerprint density at radius 1 is 1.39 bits per heavy atom. The number of hydrogen-bond acceptors (Lipinski definition) is 2. The molecule has 0 atom stereocenters. The fourth-order valence-electron chi connectivity index (χ4n) is 1.94. The Morgan fingerprint density at radius 3 is 2.50 bits per heavy atom. The van der Waals surface area contributed by atoms with Crippen LogP contribution in [0.4, 0.5) is 8.78 Å². The monoisotopic (exact) mass is 260 g/mol. The molecule has 1 saturated heterocycles. The number of halogens is 2. The molecule has 18 heavy (non-hydrogen) atoms. The summed E-state index contributed by atoms with van der Waals surface area (Å²) < 4.78 is 23.8. The molecule has 1 fully saturated rings. The maximum atomic E-state index is 11.9. The molecule has 1 aliphatic rings. The first kappa shape index (κ1) is 14.6. The number of nitrogens with zero attached hydrogens (tertiary/aromatic N) is 1. The van der Waals surface area contributed by atoms with Crippen molar-refractivity contribution in [1.82, 2.24) is 10.2 Å². The van der Waals surface area contributed by atoms with Gasteiger partial charge in [-0.1, -0.05) is 6.58 Å². The van der Waals surface area contributed by atoms with E-state index >= 15 is 0 Å². The highest BCUT2D eigenvalue weighted by Gasteiger charge is 2.26. The Hall–Kier alpha value is -1.46. The number of likely N-dealkylation sites (tertiary alicyclic amines) is 1. The molecule has 1 aliphatic heterocycles. The summed E-state index contributed by atoms with van der Waals surface area (Å²) in [5.74, 6) is -0.510. The lowest BCUT2D eigenvalue weighted by Gasteiger charge is -2.30. The van der Waals surface area contributed by atoms with E-state index in [1.54, 1.807) is 4.90 Å². The minimum Gasteiger partial charge on any atom is -0.356 e. The van der Waals surface area contributed by atoms with Crippen LogP contribution in [0.5, 0.6) is 0 Å². The van der Waals surface area contributed by atoms with Gasteiger partial charge in [-0.3, -0.25) is 9.59 Å². The molecule has 1 rings (SSSR count). The summed E-state index contributed by atoms with van der Waals surface area (Å²) in [5.41, 5.74) is 0. The highest BCUT2D eigenvalue weighted by molar-refractivity contribution is 5.87. The molecular formula is C12H18F2N2O2. The van der Waals surface area contributed by atoms with Crippen LogP contribution in [-0.2, 0) is 9.59 Å². The van der Waals surface area contributed by atoms with Gasteiger partial charge in [0.05, 0.1) is 0 Å². The van der Waals surface area contributed by atoms with Crippen LogP contribution in [0.2, 0.25) is 0 Å². The van der Waals surface area contributed by atoms with Gasteiger partial charge in [0.25, 0.3) is 0 Å². The number of carbonyl (C=O) groups excluding carboxylic acids is 2. The SMILES string of the molecule is C=CC(=O)N1CCC(C(=O)NCCC(F)F)CC1. The number of carbonyl (C=O) groups is 2.